The highest BCUT2D eigenvalue weighted by molar-refractivity contribution is 6.51. The van der Waals surface area contributed by atoms with Crippen LogP contribution in [0.15, 0.2) is 103 Å². The van der Waals surface area contributed by atoms with Crippen LogP contribution in [0.1, 0.15) is 17.2 Å². The number of hydrogen-bond acceptors (Lipinski definition) is 7. The molecule has 0 spiro atoms. The number of aromatic hydroxyl groups is 1. The van der Waals surface area contributed by atoms with E-state index in [1.54, 1.807) is 54.6 Å². The van der Waals surface area contributed by atoms with Gasteiger partial charge >= 0.3 is 0 Å². The van der Waals surface area contributed by atoms with Gasteiger partial charge in [0.25, 0.3) is 11.7 Å². The summed E-state index contributed by atoms with van der Waals surface area (Å²) < 4.78 is 17.1. The number of ketones is 1. The molecule has 0 aromatic heterocycles. The molecule has 39 heavy (non-hydrogen) atoms. The maximum atomic E-state index is 13.4. The molecular weight excluding hydrogens is 498 g/mol. The summed E-state index contributed by atoms with van der Waals surface area (Å²) in [4.78, 5) is 28.2. The zero-order valence-electron chi connectivity index (χ0n) is 20.6. The molecular formula is C31H23NO7. The van der Waals surface area contributed by atoms with Gasteiger partial charge in [0.2, 0.25) is 0 Å². The molecule has 4 aromatic rings. The highest BCUT2D eigenvalue weighted by Crippen LogP contribution is 2.44. The van der Waals surface area contributed by atoms with E-state index in [2.05, 4.69) is 0 Å². The van der Waals surface area contributed by atoms with Crippen LogP contribution in [0.4, 0.5) is 5.69 Å². The van der Waals surface area contributed by atoms with Gasteiger partial charge in [-0.25, -0.2) is 0 Å². The van der Waals surface area contributed by atoms with Gasteiger partial charge in [-0.3, -0.25) is 14.5 Å². The van der Waals surface area contributed by atoms with Crippen molar-refractivity contribution in [3.63, 3.8) is 0 Å². The van der Waals surface area contributed by atoms with Crippen LogP contribution in [0.5, 0.6) is 28.7 Å². The van der Waals surface area contributed by atoms with Crippen LogP contribution in [-0.2, 0) is 9.59 Å². The van der Waals surface area contributed by atoms with Crippen molar-refractivity contribution in [2.24, 2.45) is 0 Å². The minimum atomic E-state index is -0.945. The molecule has 0 radical (unpaired) electrons. The van der Waals surface area contributed by atoms with E-state index in [0.29, 0.717) is 53.0 Å². The van der Waals surface area contributed by atoms with E-state index in [1.165, 1.54) is 17.0 Å². The smallest absolute Gasteiger partial charge is 0.300 e. The number of phenolic OH excluding ortho intramolecular Hbond substituents is 1. The number of carbonyl (C=O) groups is 2. The lowest BCUT2D eigenvalue weighted by Crippen LogP contribution is -2.29. The molecule has 1 saturated heterocycles. The molecule has 4 aromatic carbocycles. The fraction of sp³-hybridized carbons (Fsp3) is 0.0968. The minimum absolute atomic E-state index is 0.0324. The zero-order valence-corrected chi connectivity index (χ0v) is 20.6. The van der Waals surface area contributed by atoms with Crippen molar-refractivity contribution in [2.45, 2.75) is 6.04 Å². The van der Waals surface area contributed by atoms with E-state index < -0.39 is 17.7 Å². The van der Waals surface area contributed by atoms with E-state index in [0.717, 1.165) is 0 Å². The largest absolute Gasteiger partial charge is 0.508 e. The fourth-order valence-electron chi connectivity index (χ4n) is 4.72. The van der Waals surface area contributed by atoms with Gasteiger partial charge in [0.15, 0.2) is 11.5 Å². The number of phenols is 1. The minimum Gasteiger partial charge on any atom is -0.508 e. The summed E-state index contributed by atoms with van der Waals surface area (Å²) in [7, 11) is 0. The van der Waals surface area contributed by atoms with E-state index >= 15 is 0 Å². The second-order valence-corrected chi connectivity index (χ2v) is 9.03. The fourth-order valence-corrected chi connectivity index (χ4v) is 4.72. The Hall–Kier alpha value is -5.24. The number of anilines is 1. The van der Waals surface area contributed by atoms with Crippen LogP contribution in [0.2, 0.25) is 0 Å². The Bertz CT molecular complexity index is 1580. The molecule has 0 saturated carbocycles. The SMILES string of the molecule is O=C1C(=O)N(c2ccc(Oc3ccccc3)cc2)C(c2ccc(O)cc2)/C1=C(/O)c1ccc2c(c1)OCCO2. The normalized spacial score (nSPS) is 17.7. The average Bonchev–Trinajstić information content (AvgIpc) is 3.23. The first-order valence-electron chi connectivity index (χ1n) is 12.3. The molecule has 1 fully saturated rings. The summed E-state index contributed by atoms with van der Waals surface area (Å²) in [6.07, 6.45) is 0. The third-order valence-corrected chi connectivity index (χ3v) is 6.56. The Morgan fingerprint density at radius 3 is 2.18 bits per heavy atom. The van der Waals surface area contributed by atoms with Crippen molar-refractivity contribution in [3.8, 4) is 28.7 Å². The van der Waals surface area contributed by atoms with Gasteiger partial charge in [0.05, 0.1) is 11.6 Å². The first kappa shape index (κ1) is 24.1. The Morgan fingerprint density at radius 1 is 0.795 bits per heavy atom. The molecule has 2 aliphatic heterocycles. The van der Waals surface area contributed by atoms with Crippen LogP contribution in [0.25, 0.3) is 5.76 Å². The second-order valence-electron chi connectivity index (χ2n) is 9.03. The highest BCUT2D eigenvalue weighted by Gasteiger charge is 2.47. The lowest BCUT2D eigenvalue weighted by molar-refractivity contribution is -0.132. The predicted octanol–water partition coefficient (Wildman–Crippen LogP) is 5.58. The quantitative estimate of drug-likeness (QED) is 0.201. The van der Waals surface area contributed by atoms with Crippen molar-refractivity contribution in [1.82, 2.24) is 0 Å². The van der Waals surface area contributed by atoms with Crippen LogP contribution in [0, 0.1) is 0 Å². The summed E-state index contributed by atoms with van der Waals surface area (Å²) in [6.45, 7) is 0.776. The summed E-state index contributed by atoms with van der Waals surface area (Å²) in [5, 5.41) is 21.2. The van der Waals surface area contributed by atoms with Gasteiger partial charge in [-0.05, 0) is 72.3 Å². The Balaban J connectivity index is 1.42. The van der Waals surface area contributed by atoms with Crippen molar-refractivity contribution < 1.29 is 34.0 Å². The number of fused-ring (bicyclic) bond motifs is 1. The Morgan fingerprint density at radius 2 is 1.46 bits per heavy atom. The van der Waals surface area contributed by atoms with Crippen molar-refractivity contribution in [1.29, 1.82) is 0 Å². The van der Waals surface area contributed by atoms with Crippen LogP contribution in [-0.4, -0.2) is 35.1 Å². The standard InChI is InChI=1S/C31H23NO7/c33-22-11-6-19(7-12-22)28-27(29(34)20-8-15-25-26(18-20)38-17-16-37-25)30(35)31(36)32(28)21-9-13-24(14-10-21)39-23-4-2-1-3-5-23/h1-15,18,28,33-34H,16-17H2/b29-27-. The maximum Gasteiger partial charge on any atom is 0.300 e. The average molecular weight is 522 g/mol. The van der Waals surface area contributed by atoms with Gasteiger partial charge in [-0.15, -0.1) is 0 Å². The van der Waals surface area contributed by atoms with Gasteiger partial charge < -0.3 is 24.4 Å². The predicted molar refractivity (Wildman–Crippen MR) is 143 cm³/mol. The van der Waals surface area contributed by atoms with Gasteiger partial charge in [0.1, 0.15) is 36.2 Å². The maximum absolute atomic E-state index is 13.4. The molecule has 2 N–H and O–H groups in total. The van der Waals surface area contributed by atoms with Crippen molar-refractivity contribution >= 4 is 23.1 Å². The number of carbonyl (C=O) groups excluding carboxylic acids is 2. The number of hydrogen-bond donors (Lipinski definition) is 2. The molecule has 1 unspecified atom stereocenters. The number of para-hydroxylation sites is 1. The number of benzene rings is 4. The molecule has 2 aliphatic rings. The lowest BCUT2D eigenvalue weighted by Gasteiger charge is -2.26. The highest BCUT2D eigenvalue weighted by atomic mass is 16.6. The number of aliphatic hydroxyl groups excluding tert-OH is 1. The summed E-state index contributed by atoms with van der Waals surface area (Å²) in [5.41, 5.74) is 1.21. The van der Waals surface area contributed by atoms with Gasteiger partial charge in [-0.1, -0.05) is 30.3 Å². The van der Waals surface area contributed by atoms with Crippen molar-refractivity contribution in [3.05, 3.63) is 114 Å². The first-order chi connectivity index (χ1) is 19.0. The molecule has 1 atom stereocenters. The van der Waals surface area contributed by atoms with Crippen molar-refractivity contribution in [2.75, 3.05) is 18.1 Å². The monoisotopic (exact) mass is 521 g/mol. The number of nitrogens with zero attached hydrogens (tertiary/aromatic N) is 1. The number of ether oxygens (including phenoxy) is 3. The van der Waals surface area contributed by atoms with Crippen LogP contribution in [0.3, 0.4) is 0 Å². The summed E-state index contributed by atoms with van der Waals surface area (Å²) in [5.74, 6) is 0.267. The zero-order chi connectivity index (χ0) is 26.9. The number of aliphatic hydroxyl groups is 1. The van der Waals surface area contributed by atoms with E-state index in [9.17, 15) is 19.8 Å². The van der Waals surface area contributed by atoms with E-state index in [4.69, 9.17) is 14.2 Å². The van der Waals surface area contributed by atoms with E-state index in [1.807, 2.05) is 30.3 Å². The molecule has 1 amide bonds. The molecule has 6 rings (SSSR count). The number of Topliss-reactive ketones (excluding diaryl/α,β-unsaturated/α-hetero) is 1. The number of amides is 1. The first-order valence-corrected chi connectivity index (χ1v) is 12.3. The molecule has 2 heterocycles. The third-order valence-electron chi connectivity index (χ3n) is 6.56. The molecule has 194 valence electrons. The van der Waals surface area contributed by atoms with E-state index in [-0.39, 0.29) is 17.1 Å². The molecule has 0 bridgehead atoms. The summed E-state index contributed by atoms with van der Waals surface area (Å²) in [6, 6.07) is 26.1. The Kier molecular flexibility index (Phi) is 6.13. The molecule has 8 heteroatoms. The second kappa shape index (κ2) is 9.90. The van der Waals surface area contributed by atoms with Gasteiger partial charge in [-0.2, -0.15) is 0 Å². The Labute approximate surface area is 223 Å². The number of rotatable bonds is 5. The lowest BCUT2D eigenvalue weighted by atomic mass is 9.95. The van der Waals surface area contributed by atoms with Crippen LogP contribution < -0.4 is 19.1 Å². The summed E-state index contributed by atoms with van der Waals surface area (Å²) >= 11 is 0. The van der Waals surface area contributed by atoms with Crippen LogP contribution >= 0.6 is 0 Å². The molecule has 0 aliphatic carbocycles. The molecule has 8 nitrogen and oxygen atoms in total. The topological polar surface area (TPSA) is 106 Å². The van der Waals surface area contributed by atoms with Gasteiger partial charge in [0, 0.05) is 11.3 Å². The third kappa shape index (κ3) is 4.53.